The fourth-order valence-electron chi connectivity index (χ4n) is 0.793. The molecule has 0 fully saturated rings. The van der Waals surface area contributed by atoms with Gasteiger partial charge in [0, 0.05) is 17.3 Å². The highest BCUT2D eigenvalue weighted by atomic mass is 32.1. The average molecular weight is 184 g/mol. The van der Waals surface area contributed by atoms with Gasteiger partial charge >= 0.3 is 0 Å². The van der Waals surface area contributed by atoms with Gasteiger partial charge in [-0.1, -0.05) is 0 Å². The summed E-state index contributed by atoms with van der Waals surface area (Å²) < 4.78 is 2.20. The van der Waals surface area contributed by atoms with Crippen LogP contribution in [0.1, 0.15) is 0 Å². The van der Waals surface area contributed by atoms with Gasteiger partial charge in [-0.15, -0.1) is 17.7 Å². The second-order valence-electron chi connectivity index (χ2n) is 2.01. The zero-order chi connectivity index (χ0) is 7.84. The molecule has 0 radical (unpaired) electrons. The third kappa shape index (κ3) is 1.04. The van der Waals surface area contributed by atoms with Gasteiger partial charge in [-0.25, -0.2) is 10.1 Å². The molecule has 0 aromatic carbocycles. The van der Waals surface area contributed by atoms with Crippen LogP contribution < -0.4 is 0 Å². The second kappa shape index (κ2) is 2.31. The van der Waals surface area contributed by atoms with Gasteiger partial charge < -0.3 is 0 Å². The van der Waals surface area contributed by atoms with Crippen molar-refractivity contribution in [2.45, 2.75) is 4.90 Å². The molecule has 11 heavy (non-hydrogen) atoms. The van der Waals surface area contributed by atoms with Gasteiger partial charge in [0.25, 0.3) is 5.78 Å². The molecule has 0 amide bonds. The van der Waals surface area contributed by atoms with Gasteiger partial charge in [-0.05, 0) is 12.2 Å². The summed E-state index contributed by atoms with van der Waals surface area (Å²) in [6.45, 7) is 0. The van der Waals surface area contributed by atoms with Crippen LogP contribution in [-0.4, -0.2) is 19.6 Å². The van der Waals surface area contributed by atoms with Gasteiger partial charge in [0.1, 0.15) is 0 Å². The van der Waals surface area contributed by atoms with Crippen LogP contribution in [0.4, 0.5) is 0 Å². The third-order valence-electron chi connectivity index (χ3n) is 1.26. The van der Waals surface area contributed by atoms with Crippen LogP contribution in [0, 0.1) is 4.77 Å². The van der Waals surface area contributed by atoms with Crippen molar-refractivity contribution in [2.24, 2.45) is 0 Å². The first-order valence-corrected chi connectivity index (χ1v) is 3.74. The summed E-state index contributed by atoms with van der Waals surface area (Å²) in [5, 5.41) is 6.48. The summed E-state index contributed by atoms with van der Waals surface area (Å²) in [6.07, 6.45) is 3.38. The quantitative estimate of drug-likeness (QED) is 0.475. The predicted octanol–water partition coefficient (Wildman–Crippen LogP) is 1.08. The molecule has 2 heterocycles. The van der Waals surface area contributed by atoms with Crippen molar-refractivity contribution in [3.05, 3.63) is 17.2 Å². The van der Waals surface area contributed by atoms with E-state index in [1.165, 1.54) is 0 Å². The van der Waals surface area contributed by atoms with Crippen molar-refractivity contribution in [2.75, 3.05) is 0 Å². The summed E-state index contributed by atoms with van der Waals surface area (Å²) in [5.74, 6) is 0.563. The summed E-state index contributed by atoms with van der Waals surface area (Å²) in [4.78, 5) is 4.74. The van der Waals surface area contributed by atoms with Crippen LogP contribution in [0.2, 0.25) is 0 Å². The summed E-state index contributed by atoms with van der Waals surface area (Å²) >= 11 is 9.03. The van der Waals surface area contributed by atoms with Gasteiger partial charge in [0.05, 0.1) is 0 Å². The Kier molecular flexibility index (Phi) is 1.43. The van der Waals surface area contributed by atoms with E-state index in [2.05, 4.69) is 27.8 Å². The SMILES string of the molecule is S=c1[nH]nc2ncc(S)cn12. The number of fused-ring (bicyclic) bond motifs is 1. The molecule has 2 aromatic rings. The molecule has 0 unspecified atom stereocenters. The molecule has 0 saturated heterocycles. The van der Waals surface area contributed by atoms with Crippen molar-refractivity contribution in [1.29, 1.82) is 0 Å². The van der Waals surface area contributed by atoms with Crippen molar-refractivity contribution in [1.82, 2.24) is 19.6 Å². The third-order valence-corrected chi connectivity index (χ3v) is 1.78. The van der Waals surface area contributed by atoms with Gasteiger partial charge in [-0.2, -0.15) is 0 Å². The van der Waals surface area contributed by atoms with E-state index in [1.54, 1.807) is 16.8 Å². The van der Waals surface area contributed by atoms with Crippen LogP contribution in [-0.2, 0) is 0 Å². The van der Waals surface area contributed by atoms with Crippen molar-refractivity contribution in [3.63, 3.8) is 0 Å². The lowest BCUT2D eigenvalue weighted by Gasteiger charge is -1.90. The minimum absolute atomic E-state index is 0.531. The molecule has 0 bridgehead atoms. The fourth-order valence-corrected chi connectivity index (χ4v) is 1.15. The van der Waals surface area contributed by atoms with E-state index >= 15 is 0 Å². The highest BCUT2D eigenvalue weighted by molar-refractivity contribution is 7.80. The monoisotopic (exact) mass is 184 g/mol. The molecule has 0 atom stereocenters. The Bertz CT molecular complexity index is 443. The zero-order valence-corrected chi connectivity index (χ0v) is 7.06. The van der Waals surface area contributed by atoms with Gasteiger partial charge in [-0.3, -0.25) is 4.40 Å². The molecule has 6 heteroatoms. The largest absolute Gasteiger partial charge is 0.258 e. The number of nitrogens with zero attached hydrogens (tertiary/aromatic N) is 3. The molecule has 56 valence electrons. The Morgan fingerprint density at radius 3 is 3.27 bits per heavy atom. The molecule has 0 aliphatic carbocycles. The maximum atomic E-state index is 4.92. The van der Waals surface area contributed by atoms with Crippen LogP contribution in [0.5, 0.6) is 0 Å². The Labute approximate surface area is 72.7 Å². The summed E-state index contributed by atoms with van der Waals surface area (Å²) in [5.41, 5.74) is 0. The molecular formula is C5H4N4S2. The molecule has 4 nitrogen and oxygen atoms in total. The minimum atomic E-state index is 0.531. The molecule has 2 aromatic heterocycles. The smallest absolute Gasteiger partial charge is 0.253 e. The highest BCUT2D eigenvalue weighted by Gasteiger charge is 1.96. The molecule has 1 N–H and O–H groups in total. The van der Waals surface area contributed by atoms with Gasteiger partial charge in [0.15, 0.2) is 0 Å². The normalized spacial score (nSPS) is 10.6. The van der Waals surface area contributed by atoms with E-state index in [9.17, 15) is 0 Å². The lowest BCUT2D eigenvalue weighted by Crippen LogP contribution is -1.87. The van der Waals surface area contributed by atoms with E-state index in [4.69, 9.17) is 12.2 Å². The Morgan fingerprint density at radius 1 is 1.64 bits per heavy atom. The van der Waals surface area contributed by atoms with E-state index in [0.717, 1.165) is 4.90 Å². The van der Waals surface area contributed by atoms with Crippen LogP contribution >= 0.6 is 24.8 Å². The van der Waals surface area contributed by atoms with E-state index in [0.29, 0.717) is 10.5 Å². The number of aromatic amines is 1. The number of aromatic nitrogens is 4. The lowest BCUT2D eigenvalue weighted by atomic mass is 10.7. The number of hydrogen-bond acceptors (Lipinski definition) is 4. The molecule has 0 aliphatic rings. The Morgan fingerprint density at radius 2 is 2.45 bits per heavy atom. The number of hydrogen-bond donors (Lipinski definition) is 2. The summed E-state index contributed by atoms with van der Waals surface area (Å²) in [7, 11) is 0. The van der Waals surface area contributed by atoms with E-state index < -0.39 is 0 Å². The van der Waals surface area contributed by atoms with E-state index in [1.807, 2.05) is 0 Å². The average Bonchev–Trinajstić information content (AvgIpc) is 2.33. The number of nitrogens with one attached hydrogen (secondary N) is 1. The van der Waals surface area contributed by atoms with Crippen molar-refractivity contribution >= 4 is 30.6 Å². The highest BCUT2D eigenvalue weighted by Crippen LogP contribution is 2.03. The summed E-state index contributed by atoms with van der Waals surface area (Å²) in [6, 6.07) is 0. The van der Waals surface area contributed by atoms with Gasteiger partial charge in [0.2, 0.25) is 4.77 Å². The molecular weight excluding hydrogens is 180 g/mol. The standard InChI is InChI=1S/C5H4N4S2/c10-3-1-6-4-7-8-5(11)9(4)2-3/h1-2,10H,(H,8,11). The maximum Gasteiger partial charge on any atom is 0.253 e. The molecule has 0 aliphatic heterocycles. The second-order valence-corrected chi connectivity index (χ2v) is 2.91. The Balaban J connectivity index is 2.99. The van der Waals surface area contributed by atoms with Crippen molar-refractivity contribution < 1.29 is 0 Å². The first-order valence-electron chi connectivity index (χ1n) is 2.89. The lowest BCUT2D eigenvalue weighted by molar-refractivity contribution is 1.04. The number of rotatable bonds is 0. The van der Waals surface area contributed by atoms with Crippen LogP contribution in [0.15, 0.2) is 17.3 Å². The Hall–Kier alpha value is -0.880. The van der Waals surface area contributed by atoms with E-state index in [-0.39, 0.29) is 0 Å². The minimum Gasteiger partial charge on any atom is -0.258 e. The molecule has 0 saturated carbocycles. The molecule has 2 rings (SSSR count). The predicted molar refractivity (Wildman–Crippen MR) is 45.4 cm³/mol. The molecule has 0 spiro atoms. The van der Waals surface area contributed by atoms with Crippen LogP contribution in [0.3, 0.4) is 0 Å². The maximum absolute atomic E-state index is 4.92. The number of H-pyrrole nitrogens is 1. The van der Waals surface area contributed by atoms with Crippen LogP contribution in [0.25, 0.3) is 5.78 Å². The van der Waals surface area contributed by atoms with Crippen molar-refractivity contribution in [3.8, 4) is 0 Å². The first kappa shape index (κ1) is 6.81. The first-order chi connectivity index (χ1) is 5.27. The zero-order valence-electron chi connectivity index (χ0n) is 5.35. The topological polar surface area (TPSA) is 46.0 Å². The number of thiol groups is 1. The fraction of sp³-hybridized carbons (Fsp3) is 0.